The van der Waals surface area contributed by atoms with Gasteiger partial charge in [0.1, 0.15) is 0 Å². The Kier molecular flexibility index (Phi) is 9.96. The van der Waals surface area contributed by atoms with Gasteiger partial charge in [0, 0.05) is 19.6 Å². The zero-order valence-electron chi connectivity index (χ0n) is 14.2. The van der Waals surface area contributed by atoms with Crippen LogP contribution in [0.5, 0.6) is 0 Å². The second-order valence-corrected chi connectivity index (χ2v) is 5.92. The van der Waals surface area contributed by atoms with E-state index in [1.165, 1.54) is 32.5 Å². The van der Waals surface area contributed by atoms with Gasteiger partial charge in [0.25, 0.3) is 0 Å². The monoisotopic (exact) mass is 294 g/mol. The van der Waals surface area contributed by atoms with Crippen LogP contribution in [0.4, 0.5) is 0 Å². The van der Waals surface area contributed by atoms with Gasteiger partial charge < -0.3 is 15.5 Å². The van der Waals surface area contributed by atoms with Crippen LogP contribution in [0.2, 0.25) is 0 Å². The van der Waals surface area contributed by atoms with Crippen molar-refractivity contribution in [2.75, 3.05) is 39.3 Å². The first-order valence-electron chi connectivity index (χ1n) is 8.62. The van der Waals surface area contributed by atoms with Crippen LogP contribution in [-0.4, -0.2) is 50.1 Å². The van der Waals surface area contributed by atoms with Crippen molar-refractivity contribution in [1.82, 2.24) is 15.5 Å². The van der Waals surface area contributed by atoms with Gasteiger partial charge in [0.15, 0.2) is 5.96 Å². The molecule has 0 aliphatic carbocycles. The van der Waals surface area contributed by atoms with Crippen molar-refractivity contribution in [3.05, 3.63) is 12.2 Å². The van der Waals surface area contributed by atoms with E-state index in [4.69, 9.17) is 0 Å². The Morgan fingerprint density at radius 2 is 2.05 bits per heavy atom. The lowest BCUT2D eigenvalue weighted by Gasteiger charge is -2.29. The molecule has 0 amide bonds. The molecule has 1 heterocycles. The Morgan fingerprint density at radius 1 is 1.29 bits per heavy atom. The Balaban J connectivity index is 2.17. The van der Waals surface area contributed by atoms with Crippen LogP contribution < -0.4 is 10.6 Å². The Labute approximate surface area is 131 Å². The lowest BCUT2D eigenvalue weighted by atomic mass is 9.99. The van der Waals surface area contributed by atoms with Crippen LogP contribution in [0.25, 0.3) is 0 Å². The molecular formula is C17H34N4. The second-order valence-electron chi connectivity index (χ2n) is 5.92. The number of hydrogen-bond donors (Lipinski definition) is 2. The summed E-state index contributed by atoms with van der Waals surface area (Å²) in [6, 6.07) is 0. The van der Waals surface area contributed by atoms with Crippen molar-refractivity contribution in [3.8, 4) is 0 Å². The van der Waals surface area contributed by atoms with Gasteiger partial charge in [-0.3, -0.25) is 4.99 Å². The normalized spacial score (nSPS) is 18.3. The first-order chi connectivity index (χ1) is 10.3. The highest BCUT2D eigenvalue weighted by Crippen LogP contribution is 2.15. The van der Waals surface area contributed by atoms with Crippen LogP contribution in [-0.2, 0) is 0 Å². The summed E-state index contributed by atoms with van der Waals surface area (Å²) >= 11 is 0. The number of piperidine rings is 1. The Hall–Kier alpha value is -1.03. The summed E-state index contributed by atoms with van der Waals surface area (Å²) in [5.41, 5.74) is 0. The minimum absolute atomic E-state index is 0.908. The standard InChI is InChI=1S/C17H34N4/c1-4-6-7-11-19-17(18-5-2)20-12-8-13-21-14-9-16(3)10-15-21/h4,6,16H,5,7-15H2,1-3H3,(H2,18,19,20)/b6-4+. The molecule has 0 saturated carbocycles. The molecule has 1 saturated heterocycles. The summed E-state index contributed by atoms with van der Waals surface area (Å²) < 4.78 is 0. The average Bonchev–Trinajstić information content (AvgIpc) is 2.49. The van der Waals surface area contributed by atoms with E-state index >= 15 is 0 Å². The van der Waals surface area contributed by atoms with Crippen molar-refractivity contribution in [3.63, 3.8) is 0 Å². The minimum Gasteiger partial charge on any atom is -0.357 e. The zero-order valence-corrected chi connectivity index (χ0v) is 14.2. The van der Waals surface area contributed by atoms with Gasteiger partial charge >= 0.3 is 0 Å². The van der Waals surface area contributed by atoms with E-state index in [-0.39, 0.29) is 0 Å². The van der Waals surface area contributed by atoms with E-state index in [0.717, 1.165) is 44.4 Å². The van der Waals surface area contributed by atoms with Gasteiger partial charge in [0.05, 0.1) is 0 Å². The highest BCUT2D eigenvalue weighted by molar-refractivity contribution is 5.79. The van der Waals surface area contributed by atoms with Crippen LogP contribution in [0.1, 0.15) is 46.5 Å². The molecule has 0 aromatic heterocycles. The Bertz CT molecular complexity index is 304. The first kappa shape index (κ1) is 18.0. The van der Waals surface area contributed by atoms with Gasteiger partial charge in [-0.25, -0.2) is 0 Å². The van der Waals surface area contributed by atoms with E-state index in [9.17, 15) is 0 Å². The molecular weight excluding hydrogens is 260 g/mol. The fourth-order valence-electron chi connectivity index (χ4n) is 2.55. The smallest absolute Gasteiger partial charge is 0.191 e. The first-order valence-corrected chi connectivity index (χ1v) is 8.62. The number of allylic oxidation sites excluding steroid dienone is 1. The molecule has 1 rings (SSSR count). The van der Waals surface area contributed by atoms with Crippen molar-refractivity contribution < 1.29 is 0 Å². The van der Waals surface area contributed by atoms with Crippen LogP contribution in [0, 0.1) is 5.92 Å². The molecule has 0 atom stereocenters. The largest absolute Gasteiger partial charge is 0.357 e. The predicted octanol–water partition coefficient (Wildman–Crippen LogP) is 2.63. The number of guanidine groups is 1. The molecule has 0 aromatic carbocycles. The van der Waals surface area contributed by atoms with Crippen LogP contribution in [0.3, 0.4) is 0 Å². The summed E-state index contributed by atoms with van der Waals surface area (Å²) in [5, 5.41) is 6.68. The highest BCUT2D eigenvalue weighted by Gasteiger charge is 2.14. The molecule has 4 nitrogen and oxygen atoms in total. The summed E-state index contributed by atoms with van der Waals surface area (Å²) in [4.78, 5) is 7.24. The van der Waals surface area contributed by atoms with Crippen molar-refractivity contribution in [2.45, 2.75) is 46.5 Å². The summed E-state index contributed by atoms with van der Waals surface area (Å²) in [6.45, 7) is 13.0. The molecule has 21 heavy (non-hydrogen) atoms. The minimum atomic E-state index is 0.908. The Morgan fingerprint density at radius 3 is 2.71 bits per heavy atom. The zero-order chi connectivity index (χ0) is 15.3. The summed E-state index contributed by atoms with van der Waals surface area (Å²) in [5.74, 6) is 1.87. The topological polar surface area (TPSA) is 39.7 Å². The van der Waals surface area contributed by atoms with E-state index in [1.54, 1.807) is 0 Å². The molecule has 0 unspecified atom stereocenters. The molecule has 0 aromatic rings. The lowest BCUT2D eigenvalue weighted by molar-refractivity contribution is 0.192. The fourth-order valence-corrected chi connectivity index (χ4v) is 2.55. The quantitative estimate of drug-likeness (QED) is 0.313. The molecule has 1 aliphatic rings. The molecule has 2 N–H and O–H groups in total. The SMILES string of the molecule is C/C=C/CCNC(=NCCCN1CCC(C)CC1)NCC. The van der Waals surface area contributed by atoms with Gasteiger partial charge in [0.2, 0.25) is 0 Å². The maximum atomic E-state index is 4.65. The number of aliphatic imine (C=N–C) groups is 1. The van der Waals surface area contributed by atoms with E-state index in [2.05, 4.69) is 53.4 Å². The van der Waals surface area contributed by atoms with Crippen molar-refractivity contribution >= 4 is 5.96 Å². The number of rotatable bonds is 8. The third-order valence-electron chi connectivity index (χ3n) is 3.96. The number of hydrogen-bond acceptors (Lipinski definition) is 2. The molecule has 0 radical (unpaired) electrons. The second kappa shape index (κ2) is 11.6. The lowest BCUT2D eigenvalue weighted by Crippen LogP contribution is -2.38. The molecule has 0 spiro atoms. The molecule has 0 bridgehead atoms. The maximum absolute atomic E-state index is 4.65. The maximum Gasteiger partial charge on any atom is 0.191 e. The number of nitrogens with zero attached hydrogens (tertiary/aromatic N) is 2. The third-order valence-corrected chi connectivity index (χ3v) is 3.96. The van der Waals surface area contributed by atoms with Crippen LogP contribution in [0.15, 0.2) is 17.1 Å². The van der Waals surface area contributed by atoms with Gasteiger partial charge in [-0.1, -0.05) is 19.1 Å². The van der Waals surface area contributed by atoms with Gasteiger partial charge in [-0.05, 0) is 65.1 Å². The van der Waals surface area contributed by atoms with E-state index in [0.29, 0.717) is 0 Å². The van der Waals surface area contributed by atoms with Crippen molar-refractivity contribution in [2.24, 2.45) is 10.9 Å². The highest BCUT2D eigenvalue weighted by atomic mass is 15.2. The third kappa shape index (κ3) is 8.76. The number of nitrogens with one attached hydrogen (secondary N) is 2. The summed E-state index contributed by atoms with van der Waals surface area (Å²) in [6.07, 6.45) is 9.18. The van der Waals surface area contributed by atoms with Crippen molar-refractivity contribution in [1.29, 1.82) is 0 Å². The number of likely N-dealkylation sites (tertiary alicyclic amines) is 1. The van der Waals surface area contributed by atoms with E-state index < -0.39 is 0 Å². The average molecular weight is 294 g/mol. The molecule has 122 valence electrons. The van der Waals surface area contributed by atoms with E-state index in [1.807, 2.05) is 0 Å². The van der Waals surface area contributed by atoms with Gasteiger partial charge in [-0.2, -0.15) is 0 Å². The predicted molar refractivity (Wildman–Crippen MR) is 92.9 cm³/mol. The van der Waals surface area contributed by atoms with Crippen LogP contribution >= 0.6 is 0 Å². The summed E-state index contributed by atoms with van der Waals surface area (Å²) in [7, 11) is 0. The van der Waals surface area contributed by atoms with Gasteiger partial charge in [-0.15, -0.1) is 0 Å². The molecule has 1 aliphatic heterocycles. The molecule has 1 fully saturated rings. The fraction of sp³-hybridized carbons (Fsp3) is 0.824. The molecule has 4 heteroatoms.